The number of hydrogen-bond acceptors (Lipinski definition) is 6. The lowest BCUT2D eigenvalue weighted by molar-refractivity contribution is -0.166. The van der Waals surface area contributed by atoms with E-state index in [9.17, 15) is 14.4 Å². The molecule has 1 atom stereocenters. The van der Waals surface area contributed by atoms with Crippen LogP contribution in [0.2, 0.25) is 0 Å². The zero-order valence-corrected chi connectivity index (χ0v) is 47.7. The second-order valence-corrected chi connectivity index (χ2v) is 18.8. The van der Waals surface area contributed by atoms with Crippen molar-refractivity contribution < 1.29 is 28.6 Å². The highest BCUT2D eigenvalue weighted by Crippen LogP contribution is 2.13. The maximum Gasteiger partial charge on any atom is 0.306 e. The Morgan fingerprint density at radius 3 is 0.893 bits per heavy atom. The molecule has 6 nitrogen and oxygen atoms in total. The van der Waals surface area contributed by atoms with Gasteiger partial charge in [0.25, 0.3) is 0 Å². The third-order valence-corrected chi connectivity index (χ3v) is 11.7. The quantitative estimate of drug-likeness (QED) is 0.0261. The number of carbonyl (C=O) groups excluding carboxylic acids is 3. The lowest BCUT2D eigenvalue weighted by atomic mass is 10.1. The normalized spacial score (nSPS) is 13.4. The number of rotatable bonds is 51. The van der Waals surface area contributed by atoms with Crippen LogP contribution in [0.25, 0.3) is 0 Å². The summed E-state index contributed by atoms with van der Waals surface area (Å²) in [5.41, 5.74) is 0. The summed E-state index contributed by atoms with van der Waals surface area (Å²) < 4.78 is 16.7. The summed E-state index contributed by atoms with van der Waals surface area (Å²) in [6.45, 7) is 6.24. The van der Waals surface area contributed by atoms with Crippen molar-refractivity contribution in [3.8, 4) is 0 Å². The molecule has 0 saturated heterocycles. The second-order valence-electron chi connectivity index (χ2n) is 18.8. The second kappa shape index (κ2) is 61.3. The van der Waals surface area contributed by atoms with Gasteiger partial charge in [-0.3, -0.25) is 14.4 Å². The molecule has 0 aromatic carbocycles. The summed E-state index contributed by atoms with van der Waals surface area (Å²) in [5, 5.41) is 0. The average molecular weight is 1030 g/mol. The van der Waals surface area contributed by atoms with Crippen LogP contribution < -0.4 is 0 Å². The molecule has 75 heavy (non-hydrogen) atoms. The molecule has 0 aromatic heterocycles. The molecule has 0 fully saturated rings. The van der Waals surface area contributed by atoms with Gasteiger partial charge in [0.15, 0.2) is 6.10 Å². The van der Waals surface area contributed by atoms with Crippen LogP contribution >= 0.6 is 0 Å². The van der Waals surface area contributed by atoms with Crippen molar-refractivity contribution in [3.63, 3.8) is 0 Å². The fraction of sp³-hybridized carbons (Fsp3) is 0.551. The van der Waals surface area contributed by atoms with Crippen LogP contribution in [0.1, 0.15) is 226 Å². The van der Waals surface area contributed by atoms with Crippen molar-refractivity contribution in [1.29, 1.82) is 0 Å². The topological polar surface area (TPSA) is 78.9 Å². The summed E-state index contributed by atoms with van der Waals surface area (Å²) in [6.07, 6.45) is 90.8. The molecular formula is C69H106O6. The Morgan fingerprint density at radius 1 is 0.280 bits per heavy atom. The number of allylic oxidation sites excluding steroid dienone is 28. The van der Waals surface area contributed by atoms with Crippen LogP contribution in [-0.4, -0.2) is 37.2 Å². The minimum Gasteiger partial charge on any atom is -0.462 e. The van der Waals surface area contributed by atoms with Crippen LogP contribution in [0.5, 0.6) is 0 Å². The first-order chi connectivity index (χ1) is 37.0. The molecule has 0 saturated carbocycles. The molecule has 0 radical (unpaired) electrons. The van der Waals surface area contributed by atoms with E-state index in [1.54, 1.807) is 0 Å². The monoisotopic (exact) mass is 1030 g/mol. The lowest BCUT2D eigenvalue weighted by Crippen LogP contribution is -2.30. The van der Waals surface area contributed by atoms with Gasteiger partial charge in [-0.2, -0.15) is 0 Å². The van der Waals surface area contributed by atoms with Gasteiger partial charge in [0.2, 0.25) is 0 Å². The lowest BCUT2D eigenvalue weighted by Gasteiger charge is -2.18. The fourth-order valence-corrected chi connectivity index (χ4v) is 7.35. The first-order valence-corrected chi connectivity index (χ1v) is 29.6. The smallest absolute Gasteiger partial charge is 0.306 e. The molecule has 0 spiro atoms. The Kier molecular flexibility index (Phi) is 57.0. The highest BCUT2D eigenvalue weighted by Gasteiger charge is 2.19. The molecule has 0 rings (SSSR count). The summed E-state index contributed by atoms with van der Waals surface area (Å²) in [6, 6.07) is 0. The molecule has 0 N–H and O–H groups in total. The Hall–Kier alpha value is -5.23. The van der Waals surface area contributed by atoms with E-state index in [2.05, 4.69) is 167 Å². The number of esters is 3. The predicted molar refractivity (Wildman–Crippen MR) is 325 cm³/mol. The largest absolute Gasteiger partial charge is 0.462 e. The van der Waals surface area contributed by atoms with Crippen molar-refractivity contribution in [3.05, 3.63) is 170 Å². The first-order valence-electron chi connectivity index (χ1n) is 29.6. The van der Waals surface area contributed by atoms with E-state index >= 15 is 0 Å². The molecule has 0 aromatic rings. The third kappa shape index (κ3) is 59.5. The highest BCUT2D eigenvalue weighted by molar-refractivity contribution is 5.71. The van der Waals surface area contributed by atoms with Crippen molar-refractivity contribution in [2.24, 2.45) is 0 Å². The van der Waals surface area contributed by atoms with E-state index < -0.39 is 12.1 Å². The minimum atomic E-state index is -0.861. The van der Waals surface area contributed by atoms with Crippen molar-refractivity contribution in [2.75, 3.05) is 13.2 Å². The van der Waals surface area contributed by atoms with E-state index in [1.165, 1.54) is 70.6 Å². The van der Waals surface area contributed by atoms with Crippen LogP contribution in [0, 0.1) is 0 Å². The molecule has 0 aliphatic rings. The van der Waals surface area contributed by atoms with Crippen molar-refractivity contribution in [1.82, 2.24) is 0 Å². The zero-order valence-electron chi connectivity index (χ0n) is 47.7. The standard InChI is InChI=1S/C69H106O6/c1-4-7-10-13-16-19-22-25-28-31-34-37-40-43-46-49-52-55-58-61-67(70)73-64-66(75-69(72)63-60-57-54-51-48-45-42-39-36-33-30-27-24-21-18-15-12-9-6-3)65-74-68(71)62-59-56-53-50-47-44-41-38-35-32-29-26-23-20-17-14-11-8-5-2/h7,9-10,12,16-21,25-30,34,36-37,39,43,45-46,48,52,54-55,57,66H,4-6,8,11,13-15,22-24,31-33,35,38,40-42,44,47,49-51,53,56,58-65H2,1-3H3/b10-7+,12-9+,19-16+,20-17+,21-18+,28-25+,29-26+,30-27+,37-34+,39-36+,46-43+,48-45+,55-52+,57-54+/t66-/m0/s1. The molecule has 0 aliphatic carbocycles. The van der Waals surface area contributed by atoms with Gasteiger partial charge in [0.1, 0.15) is 13.2 Å². The first kappa shape index (κ1) is 69.8. The van der Waals surface area contributed by atoms with Gasteiger partial charge in [-0.1, -0.05) is 249 Å². The van der Waals surface area contributed by atoms with E-state index in [0.717, 1.165) is 103 Å². The third-order valence-electron chi connectivity index (χ3n) is 11.7. The van der Waals surface area contributed by atoms with Gasteiger partial charge in [-0.15, -0.1) is 0 Å². The Labute approximate surface area is 460 Å². The number of carbonyl (C=O) groups is 3. The summed E-state index contributed by atoms with van der Waals surface area (Å²) >= 11 is 0. The van der Waals surface area contributed by atoms with Gasteiger partial charge < -0.3 is 14.2 Å². The van der Waals surface area contributed by atoms with Crippen LogP contribution in [0.15, 0.2) is 170 Å². The van der Waals surface area contributed by atoms with Crippen molar-refractivity contribution in [2.45, 2.75) is 232 Å². The minimum absolute atomic E-state index is 0.142. The number of hydrogen-bond donors (Lipinski definition) is 0. The molecular weight excluding hydrogens is 925 g/mol. The van der Waals surface area contributed by atoms with E-state index in [0.29, 0.717) is 19.3 Å². The molecule has 0 unspecified atom stereocenters. The maximum atomic E-state index is 12.8. The Balaban J connectivity index is 4.65. The Morgan fingerprint density at radius 2 is 0.547 bits per heavy atom. The zero-order chi connectivity index (χ0) is 54.3. The van der Waals surface area contributed by atoms with Gasteiger partial charge in [0, 0.05) is 19.3 Å². The molecule has 0 heterocycles. The molecule has 0 amide bonds. The molecule has 6 heteroatoms. The SMILES string of the molecule is CC/C=C/C/C=C/C/C=C/C/C=C/C/C=C/C/C=C/CCC(=O)OC[C@@H](COC(=O)CCCCCCCCCCC/C=C/C/C=C/CCCCC)OC(=O)CC/C=C/C/C=C/C/C=C/C/C=C/C/C=C/C/C=C/CC. The van der Waals surface area contributed by atoms with Crippen LogP contribution in [-0.2, 0) is 28.6 Å². The number of unbranched alkanes of at least 4 members (excludes halogenated alkanes) is 12. The molecule has 0 bridgehead atoms. The molecule has 418 valence electrons. The fourth-order valence-electron chi connectivity index (χ4n) is 7.35. The van der Waals surface area contributed by atoms with Gasteiger partial charge in [-0.25, -0.2) is 0 Å². The van der Waals surface area contributed by atoms with E-state index in [4.69, 9.17) is 14.2 Å². The maximum absolute atomic E-state index is 12.8. The van der Waals surface area contributed by atoms with Gasteiger partial charge >= 0.3 is 17.9 Å². The van der Waals surface area contributed by atoms with Gasteiger partial charge in [0.05, 0.1) is 0 Å². The summed E-state index contributed by atoms with van der Waals surface area (Å²) in [4.78, 5) is 38.2. The summed E-state index contributed by atoms with van der Waals surface area (Å²) in [5.74, 6) is -1.13. The van der Waals surface area contributed by atoms with E-state index in [1.807, 2.05) is 24.3 Å². The average Bonchev–Trinajstić information content (AvgIpc) is 3.41. The van der Waals surface area contributed by atoms with Crippen molar-refractivity contribution >= 4 is 17.9 Å². The highest BCUT2D eigenvalue weighted by atomic mass is 16.6. The van der Waals surface area contributed by atoms with Crippen LogP contribution in [0.4, 0.5) is 0 Å². The number of ether oxygens (including phenoxy) is 3. The predicted octanol–water partition coefficient (Wildman–Crippen LogP) is 20.3. The van der Waals surface area contributed by atoms with E-state index in [-0.39, 0.29) is 38.0 Å². The Bertz CT molecular complexity index is 1750. The molecule has 0 aliphatic heterocycles. The summed E-state index contributed by atoms with van der Waals surface area (Å²) in [7, 11) is 0. The van der Waals surface area contributed by atoms with Crippen LogP contribution in [0.3, 0.4) is 0 Å². The van der Waals surface area contributed by atoms with Gasteiger partial charge in [-0.05, 0) is 128 Å².